The van der Waals surface area contributed by atoms with Crippen molar-refractivity contribution in [1.29, 1.82) is 0 Å². The minimum Gasteiger partial charge on any atom is -0.350 e. The Morgan fingerprint density at radius 3 is 2.71 bits per heavy atom. The van der Waals surface area contributed by atoms with E-state index in [2.05, 4.69) is 27.8 Å². The molecule has 1 fully saturated rings. The van der Waals surface area contributed by atoms with Gasteiger partial charge in [-0.2, -0.15) is 0 Å². The molecule has 3 aromatic rings. The van der Waals surface area contributed by atoms with E-state index in [1.807, 2.05) is 30.5 Å². The van der Waals surface area contributed by atoms with Crippen molar-refractivity contribution in [2.24, 2.45) is 0 Å². The van der Waals surface area contributed by atoms with Gasteiger partial charge in [-0.05, 0) is 57.4 Å². The van der Waals surface area contributed by atoms with Crippen molar-refractivity contribution in [2.45, 2.75) is 51.7 Å². The molecule has 1 aromatic carbocycles. The number of rotatable bonds is 5. The van der Waals surface area contributed by atoms with Gasteiger partial charge in [0, 0.05) is 36.1 Å². The molecule has 0 radical (unpaired) electrons. The van der Waals surface area contributed by atoms with Crippen molar-refractivity contribution < 1.29 is 4.39 Å². The molecular formula is C25H28FN5. The number of aromatic nitrogens is 3. The van der Waals surface area contributed by atoms with Crippen LogP contribution in [0.5, 0.6) is 0 Å². The van der Waals surface area contributed by atoms with E-state index >= 15 is 0 Å². The van der Waals surface area contributed by atoms with Gasteiger partial charge in [0.25, 0.3) is 0 Å². The summed E-state index contributed by atoms with van der Waals surface area (Å²) in [5.41, 5.74) is 4.11. The molecule has 0 saturated carbocycles. The second kappa shape index (κ2) is 8.71. The minimum absolute atomic E-state index is 0.127. The Bertz CT molecular complexity index is 1060. The first-order chi connectivity index (χ1) is 15.2. The van der Waals surface area contributed by atoms with Gasteiger partial charge in [-0.25, -0.2) is 14.4 Å². The average Bonchev–Trinajstić information content (AvgIpc) is 3.25. The number of hydrogen-bond donors (Lipinski definition) is 0. The smallest absolute Gasteiger partial charge is 0.148 e. The zero-order valence-corrected chi connectivity index (χ0v) is 18.0. The maximum atomic E-state index is 14.2. The summed E-state index contributed by atoms with van der Waals surface area (Å²) < 4.78 is 14.2. The Balaban J connectivity index is 1.44. The van der Waals surface area contributed by atoms with E-state index in [1.165, 1.54) is 11.6 Å². The van der Waals surface area contributed by atoms with Crippen LogP contribution in [-0.4, -0.2) is 32.9 Å². The van der Waals surface area contributed by atoms with E-state index in [-0.39, 0.29) is 11.9 Å². The van der Waals surface area contributed by atoms with Crippen molar-refractivity contribution in [3.63, 3.8) is 0 Å². The lowest BCUT2D eigenvalue weighted by atomic mass is 10.0. The molecule has 1 atom stereocenters. The second-order valence-electron chi connectivity index (χ2n) is 8.54. The SMILES string of the molecule is Cc1nc([C@@H]2CCCN2Cc2ccccc2F)nc2c1CCCN2Cc1ccccn1. The highest BCUT2D eigenvalue weighted by molar-refractivity contribution is 5.51. The number of benzene rings is 1. The first kappa shape index (κ1) is 20.1. The molecule has 1 saturated heterocycles. The Labute approximate surface area is 183 Å². The van der Waals surface area contributed by atoms with E-state index in [0.29, 0.717) is 6.54 Å². The monoisotopic (exact) mass is 417 g/mol. The van der Waals surface area contributed by atoms with E-state index in [4.69, 9.17) is 9.97 Å². The van der Waals surface area contributed by atoms with Crippen LogP contribution in [0.1, 0.15) is 53.6 Å². The van der Waals surface area contributed by atoms with Crippen molar-refractivity contribution >= 4 is 5.82 Å². The summed E-state index contributed by atoms with van der Waals surface area (Å²) >= 11 is 0. The maximum absolute atomic E-state index is 14.2. The third-order valence-corrected chi connectivity index (χ3v) is 6.44. The van der Waals surface area contributed by atoms with Crippen LogP contribution in [0.2, 0.25) is 0 Å². The van der Waals surface area contributed by atoms with Crippen LogP contribution >= 0.6 is 0 Å². The lowest BCUT2D eigenvalue weighted by Gasteiger charge is -2.32. The van der Waals surface area contributed by atoms with Crippen LogP contribution in [0.4, 0.5) is 10.2 Å². The number of nitrogens with zero attached hydrogens (tertiary/aromatic N) is 5. The summed E-state index contributed by atoms with van der Waals surface area (Å²) in [6.07, 6.45) is 6.05. The first-order valence-electron chi connectivity index (χ1n) is 11.2. The molecule has 0 unspecified atom stereocenters. The van der Waals surface area contributed by atoms with Crippen molar-refractivity contribution in [1.82, 2.24) is 19.9 Å². The van der Waals surface area contributed by atoms with E-state index < -0.39 is 0 Å². The fourth-order valence-corrected chi connectivity index (χ4v) is 4.85. The predicted octanol–water partition coefficient (Wildman–Crippen LogP) is 4.61. The number of fused-ring (bicyclic) bond motifs is 1. The highest BCUT2D eigenvalue weighted by Crippen LogP contribution is 2.35. The molecule has 0 amide bonds. The number of pyridine rings is 1. The number of anilines is 1. The van der Waals surface area contributed by atoms with Crippen LogP contribution in [0.25, 0.3) is 0 Å². The highest BCUT2D eigenvalue weighted by Gasteiger charge is 2.31. The number of likely N-dealkylation sites (tertiary alicyclic amines) is 1. The Kier molecular flexibility index (Phi) is 5.64. The molecule has 4 heterocycles. The number of hydrogen-bond acceptors (Lipinski definition) is 5. The molecule has 0 spiro atoms. The van der Waals surface area contributed by atoms with Crippen molar-refractivity contribution in [3.05, 3.63) is 82.8 Å². The molecule has 6 heteroatoms. The summed E-state index contributed by atoms with van der Waals surface area (Å²) in [7, 11) is 0. The molecular weight excluding hydrogens is 389 g/mol. The highest BCUT2D eigenvalue weighted by atomic mass is 19.1. The van der Waals surface area contributed by atoms with Crippen LogP contribution in [-0.2, 0) is 19.5 Å². The van der Waals surface area contributed by atoms with E-state index in [1.54, 1.807) is 6.07 Å². The van der Waals surface area contributed by atoms with Crippen molar-refractivity contribution in [3.8, 4) is 0 Å². The number of aryl methyl sites for hydroxylation is 1. The summed E-state index contributed by atoms with van der Waals surface area (Å²) in [4.78, 5) is 19.2. The first-order valence-corrected chi connectivity index (χ1v) is 11.2. The van der Waals surface area contributed by atoms with Gasteiger partial charge < -0.3 is 4.90 Å². The van der Waals surface area contributed by atoms with Gasteiger partial charge in [0.05, 0.1) is 18.3 Å². The van der Waals surface area contributed by atoms with Gasteiger partial charge >= 0.3 is 0 Å². The average molecular weight is 418 g/mol. The third-order valence-electron chi connectivity index (χ3n) is 6.44. The Morgan fingerprint density at radius 2 is 1.87 bits per heavy atom. The molecule has 0 N–H and O–H groups in total. The standard InChI is InChI=1S/C25H28FN5/c1-18-21-10-6-15-31(17-20-9-4-5-13-27-20)25(21)29-24(28-18)23-12-7-14-30(23)16-19-8-2-3-11-22(19)26/h2-5,8-9,11,13,23H,6-7,10,12,14-17H2,1H3/t23-/m0/s1. The normalized spacial score (nSPS) is 18.9. The fraction of sp³-hybridized carbons (Fsp3) is 0.400. The summed E-state index contributed by atoms with van der Waals surface area (Å²) in [6.45, 7) is 5.37. The molecule has 0 bridgehead atoms. The molecule has 2 aliphatic heterocycles. The van der Waals surface area contributed by atoms with Gasteiger partial charge in [0.15, 0.2) is 0 Å². The molecule has 2 aromatic heterocycles. The minimum atomic E-state index is -0.141. The molecule has 2 aliphatic rings. The molecule has 160 valence electrons. The van der Waals surface area contributed by atoms with Crippen LogP contribution in [0, 0.1) is 12.7 Å². The van der Waals surface area contributed by atoms with Gasteiger partial charge in [-0.3, -0.25) is 9.88 Å². The topological polar surface area (TPSA) is 45.2 Å². The Morgan fingerprint density at radius 1 is 1.00 bits per heavy atom. The zero-order chi connectivity index (χ0) is 21.2. The maximum Gasteiger partial charge on any atom is 0.148 e. The third kappa shape index (κ3) is 4.17. The second-order valence-corrected chi connectivity index (χ2v) is 8.54. The summed E-state index contributed by atoms with van der Waals surface area (Å²) in [5, 5.41) is 0. The van der Waals surface area contributed by atoms with Gasteiger partial charge in [0.2, 0.25) is 0 Å². The summed E-state index contributed by atoms with van der Waals surface area (Å²) in [5.74, 6) is 1.78. The molecule has 31 heavy (non-hydrogen) atoms. The number of halogens is 1. The lowest BCUT2D eigenvalue weighted by molar-refractivity contribution is 0.236. The lowest BCUT2D eigenvalue weighted by Crippen LogP contribution is -2.32. The Hall–Kier alpha value is -2.86. The largest absolute Gasteiger partial charge is 0.350 e. The van der Waals surface area contributed by atoms with Crippen molar-refractivity contribution in [2.75, 3.05) is 18.0 Å². The van der Waals surface area contributed by atoms with Gasteiger partial charge in [0.1, 0.15) is 17.5 Å². The molecule has 0 aliphatic carbocycles. The predicted molar refractivity (Wildman–Crippen MR) is 119 cm³/mol. The molecule has 5 nitrogen and oxygen atoms in total. The van der Waals surface area contributed by atoms with Crippen LogP contribution in [0.3, 0.4) is 0 Å². The summed E-state index contributed by atoms with van der Waals surface area (Å²) in [6, 6.07) is 13.2. The van der Waals surface area contributed by atoms with Crippen LogP contribution < -0.4 is 4.90 Å². The fourth-order valence-electron chi connectivity index (χ4n) is 4.85. The van der Waals surface area contributed by atoms with Gasteiger partial charge in [-0.1, -0.05) is 24.3 Å². The van der Waals surface area contributed by atoms with E-state index in [0.717, 1.165) is 73.9 Å². The van der Waals surface area contributed by atoms with Crippen LogP contribution in [0.15, 0.2) is 48.7 Å². The molecule has 5 rings (SSSR count). The zero-order valence-electron chi connectivity index (χ0n) is 18.0. The quantitative estimate of drug-likeness (QED) is 0.607. The van der Waals surface area contributed by atoms with Gasteiger partial charge in [-0.15, -0.1) is 0 Å². The van der Waals surface area contributed by atoms with E-state index in [9.17, 15) is 4.39 Å².